The van der Waals surface area contributed by atoms with E-state index in [0.29, 0.717) is 13.1 Å². The Labute approximate surface area is 148 Å². The van der Waals surface area contributed by atoms with Gasteiger partial charge in [-0.1, -0.05) is 12.1 Å². The number of furan rings is 1. The van der Waals surface area contributed by atoms with Crippen LogP contribution in [-0.4, -0.2) is 44.0 Å². The number of hydrogen-bond acceptors (Lipinski definition) is 4. The summed E-state index contributed by atoms with van der Waals surface area (Å²) in [6, 6.07) is 3.87. The molecule has 3 rings (SSSR count). The monoisotopic (exact) mass is 364 g/mol. The van der Waals surface area contributed by atoms with E-state index in [4.69, 9.17) is 4.42 Å². The number of sulfonamides is 1. The lowest BCUT2D eigenvalue weighted by molar-refractivity contribution is -0.121. The lowest BCUT2D eigenvalue weighted by Gasteiger charge is -2.31. The van der Waals surface area contributed by atoms with Gasteiger partial charge in [-0.3, -0.25) is 4.79 Å². The highest BCUT2D eigenvalue weighted by Gasteiger charge is 2.27. The molecule has 0 unspecified atom stereocenters. The van der Waals surface area contributed by atoms with E-state index in [1.54, 1.807) is 6.26 Å². The Morgan fingerprint density at radius 3 is 2.84 bits per heavy atom. The van der Waals surface area contributed by atoms with E-state index in [2.05, 4.69) is 5.32 Å². The quantitative estimate of drug-likeness (QED) is 0.901. The standard InChI is InChI=1S/C18H24N2O4S/c1-12-6-7-16-14(11-24-18(16)13(12)2)9-17(21)19-15-5-4-8-20(10-15)25(3,22)23/h6-7,11,15H,4-5,8-10H2,1-3H3,(H,19,21)/t15-/m0/s1. The van der Waals surface area contributed by atoms with Crippen LogP contribution < -0.4 is 5.32 Å². The summed E-state index contributed by atoms with van der Waals surface area (Å²) in [5, 5.41) is 3.92. The van der Waals surface area contributed by atoms with Crippen LogP contribution in [-0.2, 0) is 21.2 Å². The van der Waals surface area contributed by atoms with Crippen molar-refractivity contribution in [2.45, 2.75) is 39.2 Å². The van der Waals surface area contributed by atoms with Crippen LogP contribution in [0.3, 0.4) is 0 Å². The van der Waals surface area contributed by atoms with Crippen LogP contribution in [0, 0.1) is 13.8 Å². The predicted molar refractivity (Wildman–Crippen MR) is 97.0 cm³/mol. The van der Waals surface area contributed by atoms with Crippen molar-refractivity contribution >= 4 is 26.9 Å². The highest BCUT2D eigenvalue weighted by molar-refractivity contribution is 7.88. The number of fused-ring (bicyclic) bond motifs is 1. The molecular weight excluding hydrogens is 340 g/mol. The summed E-state index contributed by atoms with van der Waals surface area (Å²) in [6.45, 7) is 4.90. The molecule has 0 bridgehead atoms. The maximum atomic E-state index is 12.4. The first kappa shape index (κ1) is 17.9. The Hall–Kier alpha value is -1.86. The highest BCUT2D eigenvalue weighted by Crippen LogP contribution is 2.26. The number of nitrogens with one attached hydrogen (secondary N) is 1. The van der Waals surface area contributed by atoms with Crippen LogP contribution in [0.2, 0.25) is 0 Å². The molecule has 136 valence electrons. The summed E-state index contributed by atoms with van der Waals surface area (Å²) in [4.78, 5) is 12.4. The van der Waals surface area contributed by atoms with Crippen molar-refractivity contribution in [2.24, 2.45) is 0 Å². The molecule has 6 nitrogen and oxygen atoms in total. The smallest absolute Gasteiger partial charge is 0.224 e. The Morgan fingerprint density at radius 1 is 1.36 bits per heavy atom. The minimum Gasteiger partial charge on any atom is -0.464 e. The van der Waals surface area contributed by atoms with Crippen LogP contribution in [0.15, 0.2) is 22.8 Å². The number of carbonyl (C=O) groups is 1. The van der Waals surface area contributed by atoms with E-state index in [1.807, 2.05) is 26.0 Å². The number of piperidine rings is 1. The van der Waals surface area contributed by atoms with Crippen molar-refractivity contribution in [1.29, 1.82) is 0 Å². The molecule has 1 aromatic heterocycles. The molecule has 25 heavy (non-hydrogen) atoms. The summed E-state index contributed by atoms with van der Waals surface area (Å²) in [5.74, 6) is -0.110. The van der Waals surface area contributed by atoms with Gasteiger partial charge in [0, 0.05) is 30.1 Å². The van der Waals surface area contributed by atoms with Crippen molar-refractivity contribution in [1.82, 2.24) is 9.62 Å². The molecule has 1 aliphatic rings. The molecule has 1 aromatic carbocycles. The first-order chi connectivity index (χ1) is 11.8. The molecule has 1 fully saturated rings. The van der Waals surface area contributed by atoms with Gasteiger partial charge in [0.1, 0.15) is 5.58 Å². The van der Waals surface area contributed by atoms with Crippen LogP contribution in [0.25, 0.3) is 11.0 Å². The van der Waals surface area contributed by atoms with Gasteiger partial charge in [-0.05, 0) is 37.8 Å². The summed E-state index contributed by atoms with van der Waals surface area (Å²) < 4.78 is 30.4. The number of aryl methyl sites for hydroxylation is 2. The second-order valence-electron chi connectivity index (χ2n) is 6.85. The average molecular weight is 364 g/mol. The zero-order chi connectivity index (χ0) is 18.2. The molecule has 0 radical (unpaired) electrons. The molecular formula is C18H24N2O4S. The van der Waals surface area contributed by atoms with Crippen molar-refractivity contribution in [3.05, 3.63) is 35.1 Å². The SMILES string of the molecule is Cc1ccc2c(CC(=O)N[C@H]3CCCN(S(C)(=O)=O)C3)coc2c1C. The molecule has 1 N–H and O–H groups in total. The third-order valence-corrected chi connectivity index (χ3v) is 6.18. The van der Waals surface area contributed by atoms with E-state index in [-0.39, 0.29) is 18.4 Å². The van der Waals surface area contributed by atoms with Crippen LogP contribution >= 0.6 is 0 Å². The zero-order valence-electron chi connectivity index (χ0n) is 14.8. The highest BCUT2D eigenvalue weighted by atomic mass is 32.2. The number of nitrogens with zero attached hydrogens (tertiary/aromatic N) is 1. The molecule has 0 aliphatic carbocycles. The molecule has 2 aromatic rings. The fourth-order valence-electron chi connectivity index (χ4n) is 3.34. The predicted octanol–water partition coefficient (Wildman–Crippen LogP) is 2.13. The molecule has 0 saturated carbocycles. The number of benzene rings is 1. The van der Waals surface area contributed by atoms with Crippen molar-refractivity contribution in [3.63, 3.8) is 0 Å². The van der Waals surface area contributed by atoms with Gasteiger partial charge in [-0.2, -0.15) is 0 Å². The lowest BCUT2D eigenvalue weighted by atomic mass is 10.0. The minimum atomic E-state index is -3.22. The summed E-state index contributed by atoms with van der Waals surface area (Å²) in [6.07, 6.45) is 4.62. The Balaban J connectivity index is 1.68. The molecule has 1 saturated heterocycles. The summed E-state index contributed by atoms with van der Waals surface area (Å²) >= 11 is 0. The molecule has 1 aliphatic heterocycles. The Kier molecular flexibility index (Phi) is 4.88. The molecule has 7 heteroatoms. The molecule has 1 amide bonds. The van der Waals surface area contributed by atoms with Gasteiger partial charge in [-0.15, -0.1) is 0 Å². The van der Waals surface area contributed by atoms with Crippen LogP contribution in [0.1, 0.15) is 29.5 Å². The van der Waals surface area contributed by atoms with E-state index >= 15 is 0 Å². The van der Waals surface area contributed by atoms with Gasteiger partial charge in [0.05, 0.1) is 18.9 Å². The fraction of sp³-hybridized carbons (Fsp3) is 0.500. The Bertz CT molecular complexity index is 901. The van der Waals surface area contributed by atoms with Crippen molar-refractivity contribution in [2.75, 3.05) is 19.3 Å². The van der Waals surface area contributed by atoms with Gasteiger partial charge in [0.25, 0.3) is 0 Å². The van der Waals surface area contributed by atoms with E-state index in [0.717, 1.165) is 40.5 Å². The first-order valence-electron chi connectivity index (χ1n) is 8.46. The maximum absolute atomic E-state index is 12.4. The summed E-state index contributed by atoms with van der Waals surface area (Å²) in [5.41, 5.74) is 3.91. The zero-order valence-corrected chi connectivity index (χ0v) is 15.6. The largest absolute Gasteiger partial charge is 0.464 e. The minimum absolute atomic E-state index is 0.110. The van der Waals surface area contributed by atoms with Crippen LogP contribution in [0.5, 0.6) is 0 Å². The van der Waals surface area contributed by atoms with Gasteiger partial charge in [0.15, 0.2) is 0 Å². The topological polar surface area (TPSA) is 79.6 Å². The van der Waals surface area contributed by atoms with Gasteiger partial charge in [0.2, 0.25) is 15.9 Å². The van der Waals surface area contributed by atoms with E-state index < -0.39 is 10.0 Å². The molecule has 1 atom stereocenters. The van der Waals surface area contributed by atoms with Gasteiger partial charge >= 0.3 is 0 Å². The maximum Gasteiger partial charge on any atom is 0.224 e. The molecule has 2 heterocycles. The second-order valence-corrected chi connectivity index (χ2v) is 8.83. The lowest BCUT2D eigenvalue weighted by Crippen LogP contribution is -2.49. The fourth-order valence-corrected chi connectivity index (χ4v) is 4.25. The second kappa shape index (κ2) is 6.80. The van der Waals surface area contributed by atoms with Crippen molar-refractivity contribution in [3.8, 4) is 0 Å². The third kappa shape index (κ3) is 3.88. The van der Waals surface area contributed by atoms with E-state index in [1.165, 1.54) is 10.6 Å². The number of amides is 1. The van der Waals surface area contributed by atoms with Gasteiger partial charge < -0.3 is 9.73 Å². The first-order valence-corrected chi connectivity index (χ1v) is 10.3. The molecule has 0 spiro atoms. The van der Waals surface area contributed by atoms with Crippen molar-refractivity contribution < 1.29 is 17.6 Å². The number of hydrogen-bond donors (Lipinski definition) is 1. The number of rotatable bonds is 4. The third-order valence-electron chi connectivity index (χ3n) is 4.91. The number of carbonyl (C=O) groups excluding carboxylic acids is 1. The normalized spacial score (nSPS) is 19.2. The van der Waals surface area contributed by atoms with E-state index in [9.17, 15) is 13.2 Å². The Morgan fingerprint density at radius 2 is 2.12 bits per heavy atom. The van der Waals surface area contributed by atoms with Crippen LogP contribution in [0.4, 0.5) is 0 Å². The summed E-state index contributed by atoms with van der Waals surface area (Å²) in [7, 11) is -3.22. The average Bonchev–Trinajstić information content (AvgIpc) is 2.94. The van der Waals surface area contributed by atoms with Gasteiger partial charge in [-0.25, -0.2) is 12.7 Å².